The van der Waals surface area contributed by atoms with Gasteiger partial charge < -0.3 is 15.2 Å². The van der Waals surface area contributed by atoms with Gasteiger partial charge in [-0.15, -0.1) is 0 Å². The van der Waals surface area contributed by atoms with Crippen molar-refractivity contribution in [1.82, 2.24) is 15.2 Å². The number of carbonyl (C=O) groups is 2. The van der Waals surface area contributed by atoms with E-state index in [1.54, 1.807) is 6.92 Å². The van der Waals surface area contributed by atoms with Gasteiger partial charge in [0.25, 0.3) is 0 Å². The van der Waals surface area contributed by atoms with Gasteiger partial charge >= 0.3 is 0 Å². The van der Waals surface area contributed by atoms with E-state index in [2.05, 4.69) is 59.7 Å². The van der Waals surface area contributed by atoms with Gasteiger partial charge in [0.2, 0.25) is 11.8 Å². The molecule has 0 aliphatic heterocycles. The van der Waals surface area contributed by atoms with E-state index in [-0.39, 0.29) is 11.8 Å². The summed E-state index contributed by atoms with van der Waals surface area (Å²) in [6.45, 7) is 4.80. The van der Waals surface area contributed by atoms with E-state index in [1.807, 2.05) is 11.1 Å². The Bertz CT molecular complexity index is 1080. The Morgan fingerprint density at radius 2 is 1.75 bits per heavy atom. The van der Waals surface area contributed by atoms with Gasteiger partial charge in [-0.2, -0.15) is 0 Å². The third-order valence-electron chi connectivity index (χ3n) is 6.60. The zero-order valence-electron chi connectivity index (χ0n) is 19.1. The first-order valence-electron chi connectivity index (χ1n) is 11.7. The van der Waals surface area contributed by atoms with Crippen LogP contribution in [0.3, 0.4) is 0 Å². The molecule has 4 rings (SSSR count). The Labute approximate surface area is 190 Å². The molecule has 0 radical (unpaired) electrons. The number of hydrogen-bond acceptors (Lipinski definition) is 2. The summed E-state index contributed by atoms with van der Waals surface area (Å²) in [7, 11) is 0. The zero-order chi connectivity index (χ0) is 22.5. The normalized spacial score (nSPS) is 14.4. The van der Waals surface area contributed by atoms with Crippen LogP contribution in [0.5, 0.6) is 0 Å². The number of rotatable bonds is 7. The second-order valence-electron chi connectivity index (χ2n) is 8.97. The highest BCUT2D eigenvalue weighted by Crippen LogP contribution is 2.27. The number of nitrogens with zero attached hydrogens (tertiary/aromatic N) is 1. The van der Waals surface area contributed by atoms with E-state index in [0.29, 0.717) is 25.6 Å². The van der Waals surface area contributed by atoms with E-state index in [1.165, 1.54) is 30.4 Å². The zero-order valence-corrected chi connectivity index (χ0v) is 19.1. The molecule has 1 aliphatic carbocycles. The molecule has 2 amide bonds. The first kappa shape index (κ1) is 22.1. The van der Waals surface area contributed by atoms with Gasteiger partial charge in [0.05, 0.1) is 6.42 Å². The highest BCUT2D eigenvalue weighted by atomic mass is 16.2. The van der Waals surface area contributed by atoms with Crippen LogP contribution in [0.2, 0.25) is 0 Å². The molecule has 0 unspecified atom stereocenters. The molecule has 1 aliphatic rings. The molecule has 1 heterocycles. The van der Waals surface area contributed by atoms with Crippen LogP contribution in [0.1, 0.15) is 50.2 Å². The van der Waals surface area contributed by atoms with Crippen LogP contribution < -0.4 is 5.32 Å². The van der Waals surface area contributed by atoms with E-state index in [9.17, 15) is 9.59 Å². The van der Waals surface area contributed by atoms with Crippen molar-refractivity contribution in [3.63, 3.8) is 0 Å². The molecule has 1 saturated carbocycles. The standard InChI is InChI=1S/C27H33N3O2/c1-19-8-10-21(11-9-19)22-12-13-25-23(18-29-26(25)16-22)17-27(32)28-14-15-30(20(2)31)24-6-4-3-5-7-24/h8-13,16,18,24,29H,3-7,14-15,17H2,1-2H3,(H,28,32). The van der Waals surface area contributed by atoms with Crippen LogP contribution in [0, 0.1) is 6.92 Å². The summed E-state index contributed by atoms with van der Waals surface area (Å²) in [5.74, 6) is 0.0906. The third kappa shape index (κ3) is 5.21. The number of fused-ring (bicyclic) bond motifs is 1. The van der Waals surface area contributed by atoms with Gasteiger partial charge in [0, 0.05) is 43.2 Å². The summed E-state index contributed by atoms with van der Waals surface area (Å²) in [4.78, 5) is 29.9. The number of hydrogen-bond donors (Lipinski definition) is 2. The number of aromatic nitrogens is 1. The second-order valence-corrected chi connectivity index (χ2v) is 8.97. The van der Waals surface area contributed by atoms with Crippen LogP contribution in [0.25, 0.3) is 22.0 Å². The van der Waals surface area contributed by atoms with Crippen molar-refractivity contribution in [2.24, 2.45) is 0 Å². The number of carbonyl (C=O) groups excluding carboxylic acids is 2. The van der Waals surface area contributed by atoms with Crippen LogP contribution >= 0.6 is 0 Å². The number of aryl methyl sites for hydroxylation is 1. The molecule has 168 valence electrons. The maximum atomic E-state index is 12.6. The molecule has 0 atom stereocenters. The second kappa shape index (κ2) is 10.0. The average molecular weight is 432 g/mol. The van der Waals surface area contributed by atoms with Crippen LogP contribution in [-0.2, 0) is 16.0 Å². The summed E-state index contributed by atoms with van der Waals surface area (Å²) in [6, 6.07) is 15.2. The molecule has 5 nitrogen and oxygen atoms in total. The lowest BCUT2D eigenvalue weighted by atomic mass is 9.94. The molecule has 0 spiro atoms. The lowest BCUT2D eigenvalue weighted by molar-refractivity contribution is -0.132. The molecule has 3 aromatic rings. The fraction of sp³-hybridized carbons (Fsp3) is 0.407. The lowest BCUT2D eigenvalue weighted by Crippen LogP contribution is -2.44. The van der Waals surface area contributed by atoms with E-state index >= 15 is 0 Å². The van der Waals surface area contributed by atoms with E-state index in [4.69, 9.17) is 0 Å². The summed E-state index contributed by atoms with van der Waals surface area (Å²) < 4.78 is 0. The van der Waals surface area contributed by atoms with Crippen molar-refractivity contribution in [3.05, 3.63) is 59.8 Å². The van der Waals surface area contributed by atoms with Gasteiger partial charge in [0.1, 0.15) is 0 Å². The molecule has 2 aromatic carbocycles. The molecule has 5 heteroatoms. The fourth-order valence-corrected chi connectivity index (χ4v) is 4.80. The first-order chi connectivity index (χ1) is 15.5. The number of H-pyrrole nitrogens is 1. The van der Waals surface area contributed by atoms with Gasteiger partial charge in [-0.1, -0.05) is 61.2 Å². The largest absolute Gasteiger partial charge is 0.361 e. The molecule has 0 bridgehead atoms. The third-order valence-corrected chi connectivity index (χ3v) is 6.60. The highest BCUT2D eigenvalue weighted by molar-refractivity contribution is 5.91. The van der Waals surface area contributed by atoms with Crippen molar-refractivity contribution >= 4 is 22.7 Å². The quantitative estimate of drug-likeness (QED) is 0.554. The molecular formula is C27H33N3O2. The predicted molar refractivity (Wildman–Crippen MR) is 129 cm³/mol. The topological polar surface area (TPSA) is 65.2 Å². The number of benzene rings is 2. The Morgan fingerprint density at radius 3 is 2.47 bits per heavy atom. The minimum absolute atomic E-state index is 0.0133. The van der Waals surface area contributed by atoms with Crippen LogP contribution in [-0.4, -0.2) is 40.8 Å². The minimum atomic E-state index is -0.0133. The van der Waals surface area contributed by atoms with Crippen molar-refractivity contribution in [1.29, 1.82) is 0 Å². The van der Waals surface area contributed by atoms with E-state index in [0.717, 1.165) is 34.9 Å². The Hall–Kier alpha value is -3.08. The predicted octanol–water partition coefficient (Wildman–Crippen LogP) is 4.98. The molecule has 32 heavy (non-hydrogen) atoms. The summed E-state index contributed by atoms with van der Waals surface area (Å²) >= 11 is 0. The SMILES string of the molecule is CC(=O)N(CCNC(=O)Cc1c[nH]c2cc(-c3ccc(C)cc3)ccc12)C1CCCCC1. The Kier molecular flexibility index (Phi) is 6.93. The van der Waals surface area contributed by atoms with Crippen LogP contribution in [0.15, 0.2) is 48.7 Å². The smallest absolute Gasteiger partial charge is 0.224 e. The first-order valence-corrected chi connectivity index (χ1v) is 11.7. The fourth-order valence-electron chi connectivity index (χ4n) is 4.80. The van der Waals surface area contributed by atoms with Crippen molar-refractivity contribution < 1.29 is 9.59 Å². The van der Waals surface area contributed by atoms with Crippen molar-refractivity contribution in [3.8, 4) is 11.1 Å². The summed E-state index contributed by atoms with van der Waals surface area (Å²) in [5.41, 5.74) is 5.60. The molecule has 1 aromatic heterocycles. The van der Waals surface area contributed by atoms with Crippen molar-refractivity contribution in [2.75, 3.05) is 13.1 Å². The number of amides is 2. The summed E-state index contributed by atoms with van der Waals surface area (Å²) in [6.07, 6.45) is 8.04. The van der Waals surface area contributed by atoms with E-state index < -0.39 is 0 Å². The maximum absolute atomic E-state index is 12.6. The Morgan fingerprint density at radius 1 is 1.03 bits per heavy atom. The van der Waals surface area contributed by atoms with Crippen LogP contribution in [0.4, 0.5) is 0 Å². The summed E-state index contributed by atoms with van der Waals surface area (Å²) in [5, 5.41) is 4.08. The van der Waals surface area contributed by atoms with Gasteiger partial charge in [-0.3, -0.25) is 9.59 Å². The molecule has 2 N–H and O–H groups in total. The molecule has 0 saturated heterocycles. The highest BCUT2D eigenvalue weighted by Gasteiger charge is 2.22. The molecular weight excluding hydrogens is 398 g/mol. The maximum Gasteiger partial charge on any atom is 0.224 e. The number of aromatic amines is 1. The molecule has 1 fully saturated rings. The monoisotopic (exact) mass is 431 g/mol. The van der Waals surface area contributed by atoms with Gasteiger partial charge in [-0.05, 0) is 42.5 Å². The lowest BCUT2D eigenvalue weighted by Gasteiger charge is -2.33. The Balaban J connectivity index is 1.35. The minimum Gasteiger partial charge on any atom is -0.361 e. The van der Waals surface area contributed by atoms with Crippen molar-refractivity contribution in [2.45, 2.75) is 58.4 Å². The van der Waals surface area contributed by atoms with Gasteiger partial charge in [0.15, 0.2) is 0 Å². The average Bonchev–Trinajstić information content (AvgIpc) is 3.19. The number of nitrogens with one attached hydrogen (secondary N) is 2. The van der Waals surface area contributed by atoms with Gasteiger partial charge in [-0.25, -0.2) is 0 Å².